The zero-order valence-electron chi connectivity index (χ0n) is 8.84. The van der Waals surface area contributed by atoms with Crippen LogP contribution in [0.1, 0.15) is 15.4 Å². The van der Waals surface area contributed by atoms with E-state index in [-0.39, 0.29) is 11.5 Å². The van der Waals surface area contributed by atoms with E-state index in [9.17, 15) is 13.2 Å². The fourth-order valence-electron chi connectivity index (χ4n) is 1.54. The van der Waals surface area contributed by atoms with Crippen molar-refractivity contribution in [3.05, 3.63) is 10.6 Å². The van der Waals surface area contributed by atoms with Gasteiger partial charge in [0.05, 0.1) is 22.1 Å². The van der Waals surface area contributed by atoms with E-state index in [1.165, 1.54) is 11.3 Å². The van der Waals surface area contributed by atoms with Crippen molar-refractivity contribution in [2.45, 2.75) is 6.92 Å². The van der Waals surface area contributed by atoms with E-state index in [1.54, 1.807) is 6.92 Å². The Morgan fingerprint density at radius 2 is 2.00 bits per heavy atom. The highest BCUT2D eigenvalue weighted by Gasteiger charge is 2.24. The predicted molar refractivity (Wildman–Crippen MR) is 63.1 cm³/mol. The first-order valence-electron chi connectivity index (χ1n) is 4.90. The Labute approximate surface area is 98.0 Å². The Hall–Kier alpha value is -0.950. The average molecular weight is 260 g/mol. The van der Waals surface area contributed by atoms with Crippen molar-refractivity contribution in [3.8, 4) is 0 Å². The molecule has 1 saturated heterocycles. The lowest BCUT2D eigenvalue weighted by Crippen LogP contribution is -2.40. The van der Waals surface area contributed by atoms with E-state index in [0.717, 1.165) is 11.4 Å². The summed E-state index contributed by atoms with van der Waals surface area (Å²) >= 11 is 1.32. The van der Waals surface area contributed by atoms with E-state index in [4.69, 9.17) is 0 Å². The summed E-state index contributed by atoms with van der Waals surface area (Å²) in [4.78, 5) is 17.5. The molecule has 0 aromatic carbocycles. The molecule has 0 atom stereocenters. The monoisotopic (exact) mass is 260 g/mol. The van der Waals surface area contributed by atoms with Gasteiger partial charge in [-0.1, -0.05) is 11.3 Å². The molecule has 1 aliphatic rings. The zero-order valence-corrected chi connectivity index (χ0v) is 10.5. The number of hydrogen-bond donors (Lipinski definition) is 0. The van der Waals surface area contributed by atoms with Gasteiger partial charge in [-0.15, -0.1) is 0 Å². The third kappa shape index (κ3) is 2.25. The quantitative estimate of drug-likeness (QED) is 0.724. The maximum atomic E-state index is 11.3. The van der Waals surface area contributed by atoms with Crippen LogP contribution >= 0.6 is 11.3 Å². The second-order valence-electron chi connectivity index (χ2n) is 3.70. The van der Waals surface area contributed by atoms with Crippen molar-refractivity contribution in [1.29, 1.82) is 0 Å². The van der Waals surface area contributed by atoms with Crippen LogP contribution in [0.3, 0.4) is 0 Å². The number of anilines is 1. The van der Waals surface area contributed by atoms with Gasteiger partial charge >= 0.3 is 0 Å². The summed E-state index contributed by atoms with van der Waals surface area (Å²) in [5, 5.41) is 0.745. The van der Waals surface area contributed by atoms with Crippen molar-refractivity contribution < 1.29 is 13.2 Å². The number of carbonyl (C=O) groups excluding carboxylic acids is 1. The second-order valence-corrected chi connectivity index (χ2v) is 7.02. The molecule has 0 N–H and O–H groups in total. The Kier molecular flexibility index (Phi) is 2.98. The molecule has 1 aliphatic heterocycles. The summed E-state index contributed by atoms with van der Waals surface area (Å²) < 4.78 is 22.5. The molecule has 0 saturated carbocycles. The number of nitrogens with zero attached hydrogens (tertiary/aromatic N) is 2. The third-order valence-corrected chi connectivity index (χ3v) is 5.30. The zero-order chi connectivity index (χ0) is 11.8. The summed E-state index contributed by atoms with van der Waals surface area (Å²) in [7, 11) is -2.87. The molecule has 1 aromatic heterocycles. The minimum atomic E-state index is -2.87. The number of aryl methyl sites for hydroxylation is 1. The summed E-state index contributed by atoms with van der Waals surface area (Å²) in [5.74, 6) is 0.337. The van der Waals surface area contributed by atoms with Crippen LogP contribution in [-0.4, -0.2) is 44.3 Å². The van der Waals surface area contributed by atoms with Crippen LogP contribution in [0.2, 0.25) is 0 Å². The fourth-order valence-corrected chi connectivity index (χ4v) is 3.68. The molecule has 1 fully saturated rings. The van der Waals surface area contributed by atoms with Gasteiger partial charge in [0, 0.05) is 13.1 Å². The van der Waals surface area contributed by atoms with E-state index >= 15 is 0 Å². The molecular formula is C9H12N2O3S2. The second kappa shape index (κ2) is 4.14. The Bertz CT molecular complexity index is 493. The van der Waals surface area contributed by atoms with Crippen molar-refractivity contribution in [3.63, 3.8) is 0 Å². The maximum Gasteiger partial charge on any atom is 0.186 e. The van der Waals surface area contributed by atoms with Crippen LogP contribution in [0.25, 0.3) is 0 Å². The van der Waals surface area contributed by atoms with Gasteiger partial charge in [0.1, 0.15) is 0 Å². The fraction of sp³-hybridized carbons (Fsp3) is 0.556. The molecule has 7 heteroatoms. The number of aromatic nitrogens is 1. The molecular weight excluding hydrogens is 248 g/mol. The highest BCUT2D eigenvalue weighted by Crippen LogP contribution is 2.25. The molecule has 0 unspecified atom stereocenters. The minimum Gasteiger partial charge on any atom is -0.346 e. The number of carbonyl (C=O) groups is 1. The maximum absolute atomic E-state index is 11.3. The van der Waals surface area contributed by atoms with E-state index in [0.29, 0.717) is 23.7 Å². The van der Waals surface area contributed by atoms with E-state index in [2.05, 4.69) is 4.98 Å². The lowest BCUT2D eigenvalue weighted by atomic mass is 10.4. The minimum absolute atomic E-state index is 0.169. The third-order valence-electron chi connectivity index (χ3n) is 2.54. The van der Waals surface area contributed by atoms with Gasteiger partial charge in [0.25, 0.3) is 0 Å². The van der Waals surface area contributed by atoms with Gasteiger partial charge in [-0.05, 0) is 6.92 Å². The molecule has 16 heavy (non-hydrogen) atoms. The van der Waals surface area contributed by atoms with Gasteiger partial charge in [0.2, 0.25) is 0 Å². The van der Waals surface area contributed by atoms with E-state index in [1.807, 2.05) is 4.90 Å². The summed E-state index contributed by atoms with van der Waals surface area (Å²) in [6.45, 7) is 2.71. The molecule has 0 spiro atoms. The van der Waals surface area contributed by atoms with Crippen LogP contribution in [0, 0.1) is 6.92 Å². The Morgan fingerprint density at radius 1 is 1.38 bits per heavy atom. The highest BCUT2D eigenvalue weighted by molar-refractivity contribution is 7.91. The smallest absolute Gasteiger partial charge is 0.186 e. The first-order valence-corrected chi connectivity index (χ1v) is 7.53. The molecule has 1 aromatic rings. The SMILES string of the molecule is Cc1nc(N2CCS(=O)(=O)CC2)sc1C=O. The Morgan fingerprint density at radius 3 is 2.50 bits per heavy atom. The van der Waals surface area contributed by atoms with Crippen molar-refractivity contribution in [2.75, 3.05) is 29.5 Å². The molecule has 2 rings (SSSR count). The molecule has 88 valence electrons. The number of rotatable bonds is 2. The van der Waals surface area contributed by atoms with Gasteiger partial charge in [-0.2, -0.15) is 0 Å². The van der Waals surface area contributed by atoms with Gasteiger partial charge in [-0.3, -0.25) is 4.79 Å². The van der Waals surface area contributed by atoms with Crippen LogP contribution in [0.15, 0.2) is 0 Å². The number of aldehydes is 1. The van der Waals surface area contributed by atoms with E-state index < -0.39 is 9.84 Å². The average Bonchev–Trinajstić information content (AvgIpc) is 2.59. The largest absolute Gasteiger partial charge is 0.346 e. The number of hydrogen-bond acceptors (Lipinski definition) is 6. The molecule has 5 nitrogen and oxygen atoms in total. The molecule has 2 heterocycles. The first kappa shape index (κ1) is 11.5. The van der Waals surface area contributed by atoms with Gasteiger partial charge < -0.3 is 4.90 Å². The van der Waals surface area contributed by atoms with Crippen molar-refractivity contribution >= 4 is 32.6 Å². The molecule has 0 aliphatic carbocycles. The van der Waals surface area contributed by atoms with Crippen LogP contribution in [-0.2, 0) is 9.84 Å². The summed E-state index contributed by atoms with van der Waals surface area (Å²) in [6, 6.07) is 0. The number of thiazole rings is 1. The van der Waals surface area contributed by atoms with Gasteiger partial charge in [0.15, 0.2) is 21.3 Å². The van der Waals surface area contributed by atoms with Crippen molar-refractivity contribution in [1.82, 2.24) is 4.98 Å². The molecule has 0 radical (unpaired) electrons. The standard InChI is InChI=1S/C9H12N2O3S2/c1-7-8(6-12)15-9(10-7)11-2-4-16(13,14)5-3-11/h6H,2-5H2,1H3. The topological polar surface area (TPSA) is 67.3 Å². The van der Waals surface area contributed by atoms with Gasteiger partial charge in [-0.25, -0.2) is 13.4 Å². The van der Waals surface area contributed by atoms with Crippen LogP contribution in [0.4, 0.5) is 5.13 Å². The predicted octanol–water partition coefficient (Wildman–Crippen LogP) is 0.499. The normalized spacial score (nSPS) is 19.7. The highest BCUT2D eigenvalue weighted by atomic mass is 32.2. The Balaban J connectivity index is 2.17. The van der Waals surface area contributed by atoms with Crippen LogP contribution < -0.4 is 4.90 Å². The lowest BCUT2D eigenvalue weighted by molar-refractivity contribution is 0.112. The summed E-state index contributed by atoms with van der Waals surface area (Å²) in [6.07, 6.45) is 0.789. The van der Waals surface area contributed by atoms with Crippen molar-refractivity contribution in [2.24, 2.45) is 0 Å². The lowest BCUT2D eigenvalue weighted by Gasteiger charge is -2.25. The summed E-state index contributed by atoms with van der Waals surface area (Å²) in [5.41, 5.74) is 0.712. The molecule has 0 amide bonds. The molecule has 0 bridgehead atoms. The van der Waals surface area contributed by atoms with Crippen LogP contribution in [0.5, 0.6) is 0 Å². The number of sulfone groups is 1. The first-order chi connectivity index (χ1) is 7.52.